The number of carbonyl (C=O) groups is 1. The van der Waals surface area contributed by atoms with E-state index in [2.05, 4.69) is 0 Å². The van der Waals surface area contributed by atoms with Gasteiger partial charge in [0.05, 0.1) is 24.9 Å². The van der Waals surface area contributed by atoms with Gasteiger partial charge in [-0.15, -0.1) is 0 Å². The summed E-state index contributed by atoms with van der Waals surface area (Å²) in [7, 11) is 0. The lowest BCUT2D eigenvalue weighted by Gasteiger charge is -2.32. The van der Waals surface area contributed by atoms with Crippen molar-refractivity contribution >= 4 is 17.4 Å². The third-order valence-corrected chi connectivity index (χ3v) is 6.24. The zero-order chi connectivity index (χ0) is 21.1. The summed E-state index contributed by atoms with van der Waals surface area (Å²) in [4.78, 5) is 11.8. The normalized spacial score (nSPS) is 26.7. The smallest absolute Gasteiger partial charge is 0.173 e. The van der Waals surface area contributed by atoms with Gasteiger partial charge in [-0.1, -0.05) is 35.9 Å². The molecule has 1 aliphatic carbocycles. The number of aliphatic hydroxyl groups is 2. The molecule has 0 amide bonds. The van der Waals surface area contributed by atoms with E-state index < -0.39 is 6.10 Å². The number of Topliss-reactive ketones (excluding diaryl/α,β-unsaturated/α-hetero) is 1. The third kappa shape index (κ3) is 5.03. The summed E-state index contributed by atoms with van der Waals surface area (Å²) in [5, 5.41) is 20.2. The van der Waals surface area contributed by atoms with E-state index in [1.807, 2.05) is 42.5 Å². The maximum Gasteiger partial charge on any atom is 0.173 e. The second-order valence-electron chi connectivity index (χ2n) is 8.19. The first-order valence-electron chi connectivity index (χ1n) is 10.5. The summed E-state index contributed by atoms with van der Waals surface area (Å²) >= 11 is 6.44. The van der Waals surface area contributed by atoms with Crippen LogP contribution in [0.3, 0.4) is 0 Å². The van der Waals surface area contributed by atoms with Crippen LogP contribution < -0.4 is 4.74 Å². The monoisotopic (exact) mass is 430 g/mol. The minimum atomic E-state index is -0.487. The first-order valence-corrected chi connectivity index (χ1v) is 10.9. The molecule has 1 heterocycles. The highest BCUT2D eigenvalue weighted by molar-refractivity contribution is 6.31. The highest BCUT2D eigenvalue weighted by Gasteiger charge is 2.29. The molecular weight excluding hydrogens is 404 g/mol. The van der Waals surface area contributed by atoms with Crippen LogP contribution in [0.15, 0.2) is 42.5 Å². The standard InChI is InChI=1S/C24H27ClO5/c25-21-9-6-16(24-13-18(27)12-20(14-26)30-24)11-17(21)10-15-4-7-19(8-5-15)29-23-3-1-2-22(23)28/h4-9,11,18,20,23-24,26-27H,1-3,10,12-14H2. The van der Waals surface area contributed by atoms with E-state index in [0.29, 0.717) is 36.5 Å². The highest BCUT2D eigenvalue weighted by atomic mass is 35.5. The van der Waals surface area contributed by atoms with Crippen molar-refractivity contribution in [2.24, 2.45) is 0 Å². The molecule has 0 bridgehead atoms. The van der Waals surface area contributed by atoms with E-state index in [1.54, 1.807) is 0 Å². The SMILES string of the molecule is O=C1CCCC1Oc1ccc(Cc2cc(C3CC(O)CC(CO)O3)ccc2Cl)cc1. The van der Waals surface area contributed by atoms with Gasteiger partial charge in [0.25, 0.3) is 0 Å². The fourth-order valence-corrected chi connectivity index (χ4v) is 4.42. The van der Waals surface area contributed by atoms with E-state index in [0.717, 1.165) is 29.5 Å². The first kappa shape index (κ1) is 21.3. The van der Waals surface area contributed by atoms with Crippen LogP contribution in [0.5, 0.6) is 5.75 Å². The Labute approximate surface area is 181 Å². The molecule has 4 atom stereocenters. The molecule has 1 saturated carbocycles. The number of aliphatic hydroxyl groups excluding tert-OH is 2. The van der Waals surface area contributed by atoms with Crippen molar-refractivity contribution in [2.75, 3.05) is 6.61 Å². The number of hydrogen-bond donors (Lipinski definition) is 2. The van der Waals surface area contributed by atoms with Gasteiger partial charge < -0.3 is 19.7 Å². The Kier molecular flexibility index (Phi) is 6.74. The molecule has 1 aliphatic heterocycles. The number of ketones is 1. The predicted molar refractivity (Wildman–Crippen MR) is 114 cm³/mol. The summed E-state index contributed by atoms with van der Waals surface area (Å²) in [6, 6.07) is 13.5. The zero-order valence-corrected chi connectivity index (χ0v) is 17.6. The Bertz CT molecular complexity index is 882. The molecule has 2 aromatic rings. The molecule has 6 heteroatoms. The fraction of sp³-hybridized carbons (Fsp3) is 0.458. The highest BCUT2D eigenvalue weighted by Crippen LogP contribution is 2.34. The van der Waals surface area contributed by atoms with E-state index in [9.17, 15) is 15.0 Å². The lowest BCUT2D eigenvalue weighted by atomic mass is 9.94. The zero-order valence-electron chi connectivity index (χ0n) is 16.8. The molecule has 2 N–H and O–H groups in total. The molecule has 5 nitrogen and oxygen atoms in total. The molecule has 0 radical (unpaired) electrons. The molecule has 0 spiro atoms. The number of ether oxygens (including phenoxy) is 2. The van der Waals surface area contributed by atoms with Gasteiger partial charge in [-0.25, -0.2) is 0 Å². The average molecular weight is 431 g/mol. The molecular formula is C24H27ClO5. The second kappa shape index (κ2) is 9.48. The first-order chi connectivity index (χ1) is 14.5. The summed E-state index contributed by atoms with van der Waals surface area (Å²) in [6.07, 6.45) is 2.49. The van der Waals surface area contributed by atoms with Crippen molar-refractivity contribution in [1.82, 2.24) is 0 Å². The summed E-state index contributed by atoms with van der Waals surface area (Å²) in [5.74, 6) is 0.889. The number of rotatable bonds is 6. The average Bonchev–Trinajstić information content (AvgIpc) is 3.15. The Morgan fingerprint density at radius 3 is 2.63 bits per heavy atom. The number of benzene rings is 2. The van der Waals surface area contributed by atoms with Gasteiger partial charge in [0, 0.05) is 24.3 Å². The van der Waals surface area contributed by atoms with Crippen LogP contribution in [0, 0.1) is 0 Å². The van der Waals surface area contributed by atoms with Gasteiger partial charge in [0.15, 0.2) is 11.9 Å². The maximum atomic E-state index is 11.8. The molecule has 2 aliphatic rings. The molecule has 2 aromatic carbocycles. The number of carbonyl (C=O) groups excluding carboxylic acids is 1. The minimum absolute atomic E-state index is 0.102. The molecule has 1 saturated heterocycles. The van der Waals surface area contributed by atoms with Crippen molar-refractivity contribution in [3.8, 4) is 5.75 Å². The molecule has 160 valence electrons. The van der Waals surface area contributed by atoms with Crippen LogP contribution in [0.2, 0.25) is 5.02 Å². The van der Waals surface area contributed by atoms with Crippen molar-refractivity contribution in [3.63, 3.8) is 0 Å². The summed E-state index contributed by atoms with van der Waals surface area (Å²) in [6.45, 7) is -0.102. The van der Waals surface area contributed by atoms with Gasteiger partial charge in [-0.3, -0.25) is 4.79 Å². The van der Waals surface area contributed by atoms with Gasteiger partial charge in [-0.2, -0.15) is 0 Å². The lowest BCUT2D eigenvalue weighted by molar-refractivity contribution is -0.123. The van der Waals surface area contributed by atoms with Gasteiger partial charge in [0.1, 0.15) is 5.75 Å². The number of halogens is 1. The third-order valence-electron chi connectivity index (χ3n) is 5.87. The molecule has 30 heavy (non-hydrogen) atoms. The predicted octanol–water partition coefficient (Wildman–Crippen LogP) is 4.00. The molecule has 4 rings (SSSR count). The van der Waals surface area contributed by atoms with Crippen LogP contribution >= 0.6 is 11.6 Å². The maximum absolute atomic E-state index is 11.8. The van der Waals surface area contributed by atoms with Crippen LogP contribution in [0.25, 0.3) is 0 Å². The van der Waals surface area contributed by atoms with E-state index in [4.69, 9.17) is 21.1 Å². The van der Waals surface area contributed by atoms with Gasteiger partial charge in [-0.05, 0) is 54.2 Å². The Hall–Kier alpha value is -1.92. The van der Waals surface area contributed by atoms with E-state index in [-0.39, 0.29) is 30.7 Å². The Balaban J connectivity index is 1.45. The fourth-order valence-electron chi connectivity index (χ4n) is 4.23. The van der Waals surface area contributed by atoms with Crippen molar-refractivity contribution < 1.29 is 24.5 Å². The second-order valence-corrected chi connectivity index (χ2v) is 8.60. The molecule has 0 aromatic heterocycles. The Morgan fingerprint density at radius 2 is 1.93 bits per heavy atom. The van der Waals surface area contributed by atoms with Crippen LogP contribution in [-0.2, 0) is 16.0 Å². The minimum Gasteiger partial charge on any atom is -0.483 e. The van der Waals surface area contributed by atoms with Crippen LogP contribution in [0.4, 0.5) is 0 Å². The van der Waals surface area contributed by atoms with Gasteiger partial charge in [0.2, 0.25) is 0 Å². The molecule has 2 fully saturated rings. The van der Waals surface area contributed by atoms with Crippen LogP contribution in [-0.4, -0.2) is 40.9 Å². The molecule has 4 unspecified atom stereocenters. The van der Waals surface area contributed by atoms with Crippen molar-refractivity contribution in [2.45, 2.75) is 62.9 Å². The largest absolute Gasteiger partial charge is 0.483 e. The topological polar surface area (TPSA) is 76.0 Å². The van der Waals surface area contributed by atoms with Gasteiger partial charge >= 0.3 is 0 Å². The summed E-state index contributed by atoms with van der Waals surface area (Å²) in [5.41, 5.74) is 3.00. The van der Waals surface area contributed by atoms with E-state index in [1.165, 1.54) is 0 Å². The summed E-state index contributed by atoms with van der Waals surface area (Å²) < 4.78 is 11.7. The number of hydrogen-bond acceptors (Lipinski definition) is 5. The Morgan fingerprint density at radius 1 is 1.13 bits per heavy atom. The lowest BCUT2D eigenvalue weighted by Crippen LogP contribution is -2.33. The van der Waals surface area contributed by atoms with Crippen molar-refractivity contribution in [3.05, 3.63) is 64.2 Å². The van der Waals surface area contributed by atoms with E-state index >= 15 is 0 Å². The van der Waals surface area contributed by atoms with Crippen molar-refractivity contribution in [1.29, 1.82) is 0 Å². The quantitative estimate of drug-likeness (QED) is 0.724. The van der Waals surface area contributed by atoms with Crippen LogP contribution in [0.1, 0.15) is 54.9 Å².